The van der Waals surface area contributed by atoms with E-state index in [2.05, 4.69) is 10.1 Å². The Hall–Kier alpha value is -3.67. The fourth-order valence-corrected chi connectivity index (χ4v) is 4.19. The van der Waals surface area contributed by atoms with E-state index in [9.17, 15) is 9.59 Å². The number of H-pyrrole nitrogens is 1. The zero-order chi connectivity index (χ0) is 20.1. The van der Waals surface area contributed by atoms with Gasteiger partial charge >= 0.3 is 0 Å². The quantitative estimate of drug-likeness (QED) is 0.574. The molecule has 4 aromatic rings. The van der Waals surface area contributed by atoms with Crippen molar-refractivity contribution in [3.05, 3.63) is 87.8 Å². The molecule has 2 aromatic carbocycles. The molecule has 0 radical (unpaired) electrons. The number of nitrogens with zero attached hydrogens (tertiary/aromatic N) is 3. The second-order valence-electron chi connectivity index (χ2n) is 7.44. The SMILES string of the molecule is Cc1nn(-c2ccccc2)c2[nH]cc(C(=O)N3c4ccccc4C[C@H]3C)c(=O)c12. The number of carbonyl (C=O) groups excluding carboxylic acids is 1. The smallest absolute Gasteiger partial charge is 0.264 e. The maximum absolute atomic E-state index is 13.4. The van der Waals surface area contributed by atoms with Crippen molar-refractivity contribution < 1.29 is 4.79 Å². The maximum atomic E-state index is 13.4. The van der Waals surface area contributed by atoms with Crippen LogP contribution in [0.15, 0.2) is 65.6 Å². The molecule has 0 spiro atoms. The van der Waals surface area contributed by atoms with Crippen LogP contribution in [0.3, 0.4) is 0 Å². The molecule has 3 heterocycles. The molecule has 0 fully saturated rings. The van der Waals surface area contributed by atoms with E-state index in [1.165, 1.54) is 6.20 Å². The van der Waals surface area contributed by atoms with E-state index in [1.54, 1.807) is 16.5 Å². The molecule has 0 saturated carbocycles. The Bertz CT molecular complexity index is 1300. The molecule has 1 amide bonds. The van der Waals surface area contributed by atoms with Gasteiger partial charge in [-0.3, -0.25) is 9.59 Å². The number of aryl methyl sites for hydroxylation is 1. The Kier molecular flexibility index (Phi) is 3.87. The number of carbonyl (C=O) groups is 1. The van der Waals surface area contributed by atoms with E-state index in [1.807, 2.05) is 61.5 Å². The van der Waals surface area contributed by atoms with E-state index in [0.717, 1.165) is 23.4 Å². The number of hydrogen-bond donors (Lipinski definition) is 1. The molecule has 6 heteroatoms. The first kappa shape index (κ1) is 17.4. The number of hydrogen-bond acceptors (Lipinski definition) is 3. The van der Waals surface area contributed by atoms with Gasteiger partial charge in [0.15, 0.2) is 0 Å². The van der Waals surface area contributed by atoms with Gasteiger partial charge in [-0.15, -0.1) is 0 Å². The third kappa shape index (κ3) is 2.60. The van der Waals surface area contributed by atoms with Crippen molar-refractivity contribution in [2.75, 3.05) is 4.90 Å². The molecule has 1 atom stereocenters. The molecule has 1 aliphatic heterocycles. The van der Waals surface area contributed by atoms with Crippen LogP contribution in [0.25, 0.3) is 16.7 Å². The van der Waals surface area contributed by atoms with Crippen LogP contribution in [0.2, 0.25) is 0 Å². The number of amides is 1. The van der Waals surface area contributed by atoms with Gasteiger partial charge in [0.2, 0.25) is 5.43 Å². The highest BCUT2D eigenvalue weighted by Gasteiger charge is 2.33. The van der Waals surface area contributed by atoms with Crippen molar-refractivity contribution in [3.63, 3.8) is 0 Å². The Balaban J connectivity index is 1.64. The summed E-state index contributed by atoms with van der Waals surface area (Å²) in [6.45, 7) is 3.79. The van der Waals surface area contributed by atoms with Gasteiger partial charge in [0, 0.05) is 17.9 Å². The van der Waals surface area contributed by atoms with E-state index >= 15 is 0 Å². The lowest BCUT2D eigenvalue weighted by molar-refractivity contribution is 0.0980. The second kappa shape index (κ2) is 6.44. The van der Waals surface area contributed by atoms with Crippen molar-refractivity contribution in [1.82, 2.24) is 14.8 Å². The van der Waals surface area contributed by atoms with E-state index in [0.29, 0.717) is 16.7 Å². The van der Waals surface area contributed by atoms with Crippen LogP contribution in [0.4, 0.5) is 5.69 Å². The van der Waals surface area contributed by atoms with Gasteiger partial charge in [-0.1, -0.05) is 36.4 Å². The molecule has 0 aliphatic carbocycles. The number of para-hydroxylation sites is 2. The predicted octanol–water partition coefficient (Wildman–Crippen LogP) is 3.61. The number of rotatable bonds is 2. The van der Waals surface area contributed by atoms with Crippen LogP contribution in [0.1, 0.15) is 28.5 Å². The largest absolute Gasteiger partial charge is 0.345 e. The summed E-state index contributed by atoms with van der Waals surface area (Å²) in [5.74, 6) is -0.280. The maximum Gasteiger partial charge on any atom is 0.264 e. The number of anilines is 1. The van der Waals surface area contributed by atoms with Gasteiger partial charge in [0.1, 0.15) is 11.2 Å². The number of fused-ring (bicyclic) bond motifs is 2. The molecule has 1 aliphatic rings. The van der Waals surface area contributed by atoms with Crippen LogP contribution in [0.5, 0.6) is 0 Å². The minimum atomic E-state index is -0.292. The van der Waals surface area contributed by atoms with Crippen LogP contribution in [0, 0.1) is 6.92 Å². The first-order valence-corrected chi connectivity index (χ1v) is 9.64. The fraction of sp³-hybridized carbons (Fsp3) is 0.174. The molecule has 5 rings (SSSR count). The lowest BCUT2D eigenvalue weighted by Gasteiger charge is -2.22. The minimum absolute atomic E-state index is 0.00290. The Morgan fingerprint density at radius 1 is 1.10 bits per heavy atom. The topological polar surface area (TPSA) is 71.0 Å². The van der Waals surface area contributed by atoms with Gasteiger partial charge < -0.3 is 9.88 Å². The average Bonchev–Trinajstić information content (AvgIpc) is 3.25. The summed E-state index contributed by atoms with van der Waals surface area (Å²) in [4.78, 5) is 31.5. The van der Waals surface area contributed by atoms with E-state index < -0.39 is 0 Å². The number of pyridine rings is 1. The second-order valence-corrected chi connectivity index (χ2v) is 7.44. The Labute approximate surface area is 167 Å². The van der Waals surface area contributed by atoms with Gasteiger partial charge in [0.25, 0.3) is 5.91 Å². The Morgan fingerprint density at radius 3 is 2.62 bits per heavy atom. The third-order valence-corrected chi connectivity index (χ3v) is 5.54. The van der Waals surface area contributed by atoms with Crippen molar-refractivity contribution in [1.29, 1.82) is 0 Å². The summed E-state index contributed by atoms with van der Waals surface area (Å²) >= 11 is 0. The van der Waals surface area contributed by atoms with Crippen LogP contribution >= 0.6 is 0 Å². The van der Waals surface area contributed by atoms with Gasteiger partial charge in [-0.25, -0.2) is 4.68 Å². The monoisotopic (exact) mass is 384 g/mol. The lowest BCUT2D eigenvalue weighted by Crippen LogP contribution is -2.38. The molecule has 0 unspecified atom stereocenters. The molecule has 144 valence electrons. The molecule has 1 N–H and O–H groups in total. The highest BCUT2D eigenvalue weighted by atomic mass is 16.2. The molecule has 0 saturated heterocycles. The van der Waals surface area contributed by atoms with Gasteiger partial charge in [-0.2, -0.15) is 5.10 Å². The molecular weight excluding hydrogens is 364 g/mol. The fourth-order valence-electron chi connectivity index (χ4n) is 4.19. The molecule has 2 aromatic heterocycles. The zero-order valence-electron chi connectivity index (χ0n) is 16.2. The van der Waals surface area contributed by atoms with Crippen molar-refractivity contribution in [2.45, 2.75) is 26.3 Å². The first-order valence-electron chi connectivity index (χ1n) is 9.64. The summed E-state index contributed by atoms with van der Waals surface area (Å²) < 4.78 is 1.70. The summed E-state index contributed by atoms with van der Waals surface area (Å²) in [5.41, 5.74) is 3.87. The first-order chi connectivity index (χ1) is 14.1. The van der Waals surface area contributed by atoms with Crippen molar-refractivity contribution in [3.8, 4) is 5.69 Å². The molecule has 29 heavy (non-hydrogen) atoms. The summed E-state index contributed by atoms with van der Waals surface area (Å²) in [6.07, 6.45) is 2.30. The van der Waals surface area contributed by atoms with Crippen LogP contribution in [-0.2, 0) is 6.42 Å². The minimum Gasteiger partial charge on any atom is -0.345 e. The number of aromatic amines is 1. The van der Waals surface area contributed by atoms with Crippen molar-refractivity contribution >= 4 is 22.6 Å². The molecular formula is C23H20N4O2. The predicted molar refractivity (Wildman–Crippen MR) is 113 cm³/mol. The van der Waals surface area contributed by atoms with E-state index in [-0.39, 0.29) is 22.9 Å². The molecule has 0 bridgehead atoms. The zero-order valence-corrected chi connectivity index (χ0v) is 16.2. The van der Waals surface area contributed by atoms with Crippen LogP contribution in [-0.4, -0.2) is 26.7 Å². The van der Waals surface area contributed by atoms with E-state index in [4.69, 9.17) is 0 Å². The number of benzene rings is 2. The van der Waals surface area contributed by atoms with Gasteiger partial charge in [-0.05, 0) is 44.0 Å². The number of aromatic nitrogens is 3. The standard InChI is InChI=1S/C23H20N4O2/c1-14-12-16-8-6-7-11-19(16)26(14)23(29)18-13-24-22-20(21(18)28)15(2)25-27(22)17-9-4-3-5-10-17/h3-11,13-14H,12H2,1-2H3,(H,24,28)/t14-/m1/s1. The lowest BCUT2D eigenvalue weighted by atomic mass is 10.1. The normalized spacial score (nSPS) is 15.7. The number of nitrogens with one attached hydrogen (secondary N) is 1. The average molecular weight is 384 g/mol. The van der Waals surface area contributed by atoms with Crippen LogP contribution < -0.4 is 10.3 Å². The van der Waals surface area contributed by atoms with Gasteiger partial charge in [0.05, 0.1) is 16.8 Å². The summed E-state index contributed by atoms with van der Waals surface area (Å²) in [7, 11) is 0. The summed E-state index contributed by atoms with van der Waals surface area (Å²) in [6, 6.07) is 17.5. The van der Waals surface area contributed by atoms with Crippen molar-refractivity contribution in [2.24, 2.45) is 0 Å². The highest BCUT2D eigenvalue weighted by Crippen LogP contribution is 2.32. The third-order valence-electron chi connectivity index (χ3n) is 5.54. The highest BCUT2D eigenvalue weighted by molar-refractivity contribution is 6.08. The summed E-state index contributed by atoms with van der Waals surface area (Å²) in [5, 5.41) is 4.97. The Morgan fingerprint density at radius 2 is 1.83 bits per heavy atom. The molecule has 6 nitrogen and oxygen atoms in total.